The molecule has 0 amide bonds. The molecule has 0 aliphatic carbocycles. The summed E-state index contributed by atoms with van der Waals surface area (Å²) in [5.74, 6) is 0.375. The van der Waals surface area contributed by atoms with Crippen molar-refractivity contribution in [2.45, 2.75) is 13.3 Å². The monoisotopic (exact) mass is 207 g/mol. The van der Waals surface area contributed by atoms with E-state index < -0.39 is 0 Å². The van der Waals surface area contributed by atoms with Gasteiger partial charge in [0.2, 0.25) is 0 Å². The van der Waals surface area contributed by atoms with Gasteiger partial charge in [-0.25, -0.2) is 9.97 Å². The van der Waals surface area contributed by atoms with Gasteiger partial charge in [-0.2, -0.15) is 0 Å². The van der Waals surface area contributed by atoms with Gasteiger partial charge >= 0.3 is 0 Å². The molecule has 1 aromatic heterocycles. The first kappa shape index (κ1) is 11.1. The van der Waals surface area contributed by atoms with Crippen LogP contribution in [0.3, 0.4) is 0 Å². The van der Waals surface area contributed by atoms with Gasteiger partial charge in [0.25, 0.3) is 6.29 Å². The van der Waals surface area contributed by atoms with Crippen molar-refractivity contribution in [1.29, 1.82) is 0 Å². The summed E-state index contributed by atoms with van der Waals surface area (Å²) >= 11 is 0. The van der Waals surface area contributed by atoms with Crippen molar-refractivity contribution in [3.8, 4) is 0 Å². The van der Waals surface area contributed by atoms with Crippen LogP contribution >= 0.6 is 0 Å². The van der Waals surface area contributed by atoms with Gasteiger partial charge in [-0.1, -0.05) is 12.1 Å². The molecular weight excluding hydrogens is 196 g/mol. The molecule has 0 saturated heterocycles. The predicted molar refractivity (Wildman–Crippen MR) is 54.9 cm³/mol. The highest BCUT2D eigenvalue weighted by atomic mass is 16.6. The number of aromatic nitrogens is 2. The van der Waals surface area contributed by atoms with Gasteiger partial charge in [-0.3, -0.25) is 4.79 Å². The minimum atomic E-state index is -0.0873. The molecule has 6 nitrogen and oxygen atoms in total. The summed E-state index contributed by atoms with van der Waals surface area (Å²) in [7, 11) is 0. The van der Waals surface area contributed by atoms with Gasteiger partial charge in [-0.05, 0) is 12.5 Å². The van der Waals surface area contributed by atoms with E-state index in [-0.39, 0.29) is 17.4 Å². The third-order valence-electron chi connectivity index (χ3n) is 1.44. The van der Waals surface area contributed by atoms with Crippen LogP contribution in [0.5, 0.6) is 0 Å². The fourth-order valence-corrected chi connectivity index (χ4v) is 0.793. The Morgan fingerprint density at radius 2 is 2.53 bits per heavy atom. The van der Waals surface area contributed by atoms with Gasteiger partial charge in [0.05, 0.1) is 0 Å². The standard InChI is InChI=1S/C9H11N4O2/c1-2-5-15-13-7(6-14)9-11-4-3-8(10)12-9/h3-4H,2,5H2,1H3,(H2,10,11,12)/b13-7-. The number of nitrogens with two attached hydrogens (primary N) is 1. The van der Waals surface area contributed by atoms with E-state index in [9.17, 15) is 4.79 Å². The number of anilines is 1. The van der Waals surface area contributed by atoms with Crippen LogP contribution in [0.4, 0.5) is 5.82 Å². The lowest BCUT2D eigenvalue weighted by Crippen LogP contribution is -2.10. The molecule has 1 rings (SSSR count). The van der Waals surface area contributed by atoms with Crippen molar-refractivity contribution in [2.75, 3.05) is 12.3 Å². The smallest absolute Gasteiger partial charge is 0.261 e. The molecule has 0 bridgehead atoms. The Morgan fingerprint density at radius 1 is 1.73 bits per heavy atom. The van der Waals surface area contributed by atoms with Crippen LogP contribution in [0, 0.1) is 0 Å². The lowest BCUT2D eigenvalue weighted by atomic mass is 10.4. The SMILES string of the molecule is CCCO/N=C(/[C]=O)c1nccc(N)n1. The summed E-state index contributed by atoms with van der Waals surface area (Å²) in [6, 6.07) is 1.51. The topological polar surface area (TPSA) is 90.5 Å². The van der Waals surface area contributed by atoms with E-state index >= 15 is 0 Å². The van der Waals surface area contributed by atoms with Crippen molar-refractivity contribution in [1.82, 2.24) is 9.97 Å². The molecule has 0 spiro atoms. The van der Waals surface area contributed by atoms with Crippen LogP contribution in [0.1, 0.15) is 19.2 Å². The number of oxime groups is 1. The molecule has 6 heteroatoms. The minimum Gasteiger partial charge on any atom is -0.395 e. The second-order valence-electron chi connectivity index (χ2n) is 2.68. The van der Waals surface area contributed by atoms with Crippen LogP contribution in [0.2, 0.25) is 0 Å². The Labute approximate surface area is 87.2 Å². The number of rotatable bonds is 5. The fourth-order valence-electron chi connectivity index (χ4n) is 0.793. The van der Waals surface area contributed by atoms with E-state index in [1.165, 1.54) is 12.3 Å². The molecule has 2 N–H and O–H groups in total. The van der Waals surface area contributed by atoms with Gasteiger partial charge < -0.3 is 10.6 Å². The minimum absolute atomic E-state index is 0.0873. The predicted octanol–water partition coefficient (Wildman–Crippen LogP) is 0.299. The average Bonchev–Trinajstić information content (AvgIpc) is 2.24. The van der Waals surface area contributed by atoms with Crippen molar-refractivity contribution < 1.29 is 9.63 Å². The molecule has 1 radical (unpaired) electrons. The number of nitrogens with zero attached hydrogens (tertiary/aromatic N) is 3. The zero-order chi connectivity index (χ0) is 11.1. The molecule has 1 aromatic rings. The largest absolute Gasteiger partial charge is 0.395 e. The third-order valence-corrected chi connectivity index (χ3v) is 1.44. The van der Waals surface area contributed by atoms with Crippen LogP contribution in [-0.4, -0.2) is 28.6 Å². The van der Waals surface area contributed by atoms with Crippen LogP contribution < -0.4 is 5.73 Å². The van der Waals surface area contributed by atoms with Gasteiger partial charge in [0, 0.05) is 6.20 Å². The summed E-state index contributed by atoms with van der Waals surface area (Å²) in [5.41, 5.74) is 5.34. The zero-order valence-corrected chi connectivity index (χ0v) is 8.30. The summed E-state index contributed by atoms with van der Waals surface area (Å²) in [4.78, 5) is 23.0. The lowest BCUT2D eigenvalue weighted by Gasteiger charge is -1.98. The van der Waals surface area contributed by atoms with Crippen LogP contribution in [0.25, 0.3) is 0 Å². The summed E-state index contributed by atoms with van der Waals surface area (Å²) in [6.45, 7) is 2.35. The molecule has 0 aliphatic heterocycles. The first-order valence-corrected chi connectivity index (χ1v) is 4.45. The maximum atomic E-state index is 10.6. The molecule has 0 atom stereocenters. The second kappa shape index (κ2) is 5.69. The van der Waals surface area contributed by atoms with Gasteiger partial charge in [0.15, 0.2) is 11.5 Å². The Bertz CT molecular complexity index is 365. The molecule has 0 fully saturated rings. The molecular formula is C9H11N4O2. The molecule has 15 heavy (non-hydrogen) atoms. The van der Waals surface area contributed by atoms with Crippen molar-refractivity contribution >= 4 is 17.8 Å². The quantitative estimate of drug-likeness (QED) is 0.426. The fraction of sp³-hybridized carbons (Fsp3) is 0.333. The Balaban J connectivity index is 2.82. The molecule has 0 saturated carbocycles. The van der Waals surface area contributed by atoms with E-state index in [0.29, 0.717) is 6.61 Å². The maximum Gasteiger partial charge on any atom is 0.261 e. The van der Waals surface area contributed by atoms with Crippen LogP contribution in [-0.2, 0) is 9.63 Å². The molecule has 0 unspecified atom stereocenters. The van der Waals surface area contributed by atoms with Crippen molar-refractivity contribution in [3.05, 3.63) is 18.1 Å². The second-order valence-corrected chi connectivity index (χ2v) is 2.68. The van der Waals surface area contributed by atoms with E-state index in [4.69, 9.17) is 10.6 Å². The van der Waals surface area contributed by atoms with Gasteiger partial charge in [-0.15, -0.1) is 0 Å². The van der Waals surface area contributed by atoms with Crippen molar-refractivity contribution in [3.63, 3.8) is 0 Å². The third kappa shape index (κ3) is 3.34. The Kier molecular flexibility index (Phi) is 4.21. The van der Waals surface area contributed by atoms with Gasteiger partial charge in [0.1, 0.15) is 12.4 Å². The molecule has 0 aliphatic rings. The summed E-state index contributed by atoms with van der Waals surface area (Å²) < 4.78 is 0. The van der Waals surface area contributed by atoms with E-state index in [2.05, 4.69) is 15.1 Å². The molecule has 0 aromatic carbocycles. The molecule has 79 valence electrons. The van der Waals surface area contributed by atoms with E-state index in [1.807, 2.05) is 6.92 Å². The highest BCUT2D eigenvalue weighted by Crippen LogP contribution is 1.97. The van der Waals surface area contributed by atoms with Crippen LogP contribution in [0.15, 0.2) is 17.4 Å². The first-order valence-electron chi connectivity index (χ1n) is 4.45. The Hall–Kier alpha value is -1.98. The molecule has 1 heterocycles. The normalized spacial score (nSPS) is 11.1. The van der Waals surface area contributed by atoms with E-state index in [0.717, 1.165) is 6.42 Å². The van der Waals surface area contributed by atoms with E-state index in [1.54, 1.807) is 6.29 Å². The highest BCUT2D eigenvalue weighted by molar-refractivity contribution is 6.35. The number of hydrogen-bond acceptors (Lipinski definition) is 6. The maximum absolute atomic E-state index is 10.6. The first-order chi connectivity index (χ1) is 7.27. The number of hydrogen-bond donors (Lipinski definition) is 1. The number of carbonyl (C=O) groups excluding carboxylic acids is 1. The average molecular weight is 207 g/mol. The number of nitrogen functional groups attached to an aromatic ring is 1. The van der Waals surface area contributed by atoms with Crippen molar-refractivity contribution in [2.24, 2.45) is 5.16 Å². The summed E-state index contributed by atoms with van der Waals surface area (Å²) in [5, 5.41) is 3.56. The highest BCUT2D eigenvalue weighted by Gasteiger charge is 2.07. The Morgan fingerprint density at radius 3 is 3.13 bits per heavy atom. The lowest BCUT2D eigenvalue weighted by molar-refractivity contribution is 0.145. The zero-order valence-electron chi connectivity index (χ0n) is 8.30. The summed E-state index contributed by atoms with van der Waals surface area (Å²) in [6.07, 6.45) is 3.83.